The molecule has 0 aliphatic carbocycles. The van der Waals surface area contributed by atoms with Crippen LogP contribution in [0.15, 0.2) is 60.7 Å². The SMILES string of the molecule is CN1C(=O)N(CCN2C(=O)N(C)C(=O)C(Cl)(c3ccccc3)C2=O)C(=O)C(Cl)(c2ccccc2)C1=O. The number of hydrogen-bond acceptors (Lipinski definition) is 6. The molecule has 10 nitrogen and oxygen atoms in total. The Morgan fingerprint density at radius 1 is 0.556 bits per heavy atom. The number of urea groups is 2. The van der Waals surface area contributed by atoms with Gasteiger partial charge in [-0.05, 0) is 11.1 Å². The molecule has 0 spiro atoms. The van der Waals surface area contributed by atoms with E-state index >= 15 is 0 Å². The minimum absolute atomic E-state index is 0.158. The van der Waals surface area contributed by atoms with Gasteiger partial charge < -0.3 is 0 Å². The van der Waals surface area contributed by atoms with Crippen LogP contribution >= 0.6 is 23.2 Å². The van der Waals surface area contributed by atoms with Crippen LogP contribution in [0.4, 0.5) is 9.59 Å². The molecule has 12 heteroatoms. The molecular weight excluding hydrogens is 511 g/mol. The molecule has 2 aliphatic rings. The minimum atomic E-state index is -2.22. The van der Waals surface area contributed by atoms with E-state index < -0.39 is 58.5 Å². The lowest BCUT2D eigenvalue weighted by molar-refractivity contribution is -0.150. The zero-order valence-electron chi connectivity index (χ0n) is 19.2. The largest absolute Gasteiger partial charge is 0.333 e. The van der Waals surface area contributed by atoms with E-state index in [1.807, 2.05) is 0 Å². The van der Waals surface area contributed by atoms with Crippen molar-refractivity contribution >= 4 is 58.9 Å². The van der Waals surface area contributed by atoms with Crippen LogP contribution in [0, 0.1) is 0 Å². The van der Waals surface area contributed by atoms with E-state index in [0.29, 0.717) is 19.6 Å². The molecule has 0 saturated carbocycles. The monoisotopic (exact) mass is 530 g/mol. The van der Waals surface area contributed by atoms with Crippen molar-refractivity contribution in [2.45, 2.75) is 9.75 Å². The number of halogens is 2. The van der Waals surface area contributed by atoms with Crippen LogP contribution in [0.5, 0.6) is 0 Å². The maximum Gasteiger partial charge on any atom is 0.333 e. The Hall–Kier alpha value is -3.76. The van der Waals surface area contributed by atoms with E-state index in [-0.39, 0.29) is 11.1 Å². The molecule has 0 radical (unpaired) electrons. The number of nitrogens with zero attached hydrogens (tertiary/aromatic N) is 4. The van der Waals surface area contributed by atoms with Crippen LogP contribution in [-0.4, -0.2) is 82.5 Å². The average Bonchev–Trinajstić information content (AvgIpc) is 2.91. The van der Waals surface area contributed by atoms with Gasteiger partial charge in [0.25, 0.3) is 23.6 Å². The molecule has 8 amide bonds. The van der Waals surface area contributed by atoms with E-state index in [1.54, 1.807) is 36.4 Å². The number of benzene rings is 2. The van der Waals surface area contributed by atoms with E-state index in [9.17, 15) is 28.8 Å². The van der Waals surface area contributed by atoms with E-state index in [0.717, 1.165) is 0 Å². The lowest BCUT2D eigenvalue weighted by atomic mass is 9.92. The topological polar surface area (TPSA) is 115 Å². The molecule has 186 valence electrons. The Bertz CT molecular complexity index is 1190. The highest BCUT2D eigenvalue weighted by Crippen LogP contribution is 2.39. The third kappa shape index (κ3) is 3.56. The number of barbiturate groups is 2. The molecule has 2 unspecified atom stereocenters. The fourth-order valence-corrected chi connectivity index (χ4v) is 4.86. The number of alkyl halides is 2. The highest BCUT2D eigenvalue weighted by molar-refractivity contribution is 6.49. The summed E-state index contributed by atoms with van der Waals surface area (Å²) in [6, 6.07) is 13.6. The summed E-state index contributed by atoms with van der Waals surface area (Å²) >= 11 is 13.1. The van der Waals surface area contributed by atoms with Gasteiger partial charge in [-0.1, -0.05) is 83.9 Å². The number of amides is 8. The molecule has 2 aromatic carbocycles. The molecule has 2 saturated heterocycles. The third-order valence-electron chi connectivity index (χ3n) is 6.20. The summed E-state index contributed by atoms with van der Waals surface area (Å²) in [6.07, 6.45) is 0. The van der Waals surface area contributed by atoms with Crippen molar-refractivity contribution < 1.29 is 28.8 Å². The average molecular weight is 531 g/mol. The van der Waals surface area contributed by atoms with Gasteiger partial charge >= 0.3 is 12.1 Å². The maximum absolute atomic E-state index is 13.4. The van der Waals surface area contributed by atoms with E-state index in [1.165, 1.54) is 38.4 Å². The summed E-state index contributed by atoms with van der Waals surface area (Å²) in [5.74, 6) is -3.91. The van der Waals surface area contributed by atoms with Crippen molar-refractivity contribution in [2.24, 2.45) is 0 Å². The lowest BCUT2D eigenvalue weighted by Gasteiger charge is -2.42. The Morgan fingerprint density at radius 2 is 0.861 bits per heavy atom. The molecule has 36 heavy (non-hydrogen) atoms. The fraction of sp³-hybridized carbons (Fsp3) is 0.250. The fourth-order valence-electron chi connectivity index (χ4n) is 4.15. The van der Waals surface area contributed by atoms with Crippen LogP contribution in [0.1, 0.15) is 11.1 Å². The summed E-state index contributed by atoms with van der Waals surface area (Å²) in [4.78, 5) is 76.5. The van der Waals surface area contributed by atoms with Crippen molar-refractivity contribution in [3.63, 3.8) is 0 Å². The van der Waals surface area contributed by atoms with Crippen LogP contribution in [0.2, 0.25) is 0 Å². The number of likely N-dealkylation sites (N-methyl/N-ethyl adjacent to an activating group) is 2. The lowest BCUT2D eigenvalue weighted by Crippen LogP contribution is -2.67. The van der Waals surface area contributed by atoms with Crippen molar-refractivity contribution in [2.75, 3.05) is 27.2 Å². The van der Waals surface area contributed by atoms with Crippen molar-refractivity contribution in [3.05, 3.63) is 71.8 Å². The highest BCUT2D eigenvalue weighted by Gasteiger charge is 2.59. The molecule has 0 N–H and O–H groups in total. The molecular formula is C24H20Cl2N4O6. The van der Waals surface area contributed by atoms with Gasteiger partial charge in [-0.15, -0.1) is 0 Å². The second-order valence-electron chi connectivity index (χ2n) is 8.26. The molecule has 0 bridgehead atoms. The van der Waals surface area contributed by atoms with Gasteiger partial charge in [0.15, 0.2) is 0 Å². The van der Waals surface area contributed by atoms with Crippen LogP contribution < -0.4 is 0 Å². The number of carbonyl (C=O) groups is 6. The highest BCUT2D eigenvalue weighted by atomic mass is 35.5. The second kappa shape index (κ2) is 9.03. The standard InChI is InChI=1S/C24H20Cl2N4O6/c1-27-17(31)23(25,15-9-5-3-6-10-15)19(33)29(21(27)35)13-14-30-20(34)24(26,16-11-7-4-8-12-16)18(32)28(2)22(30)36/h3-12H,13-14H2,1-2H3. The zero-order chi connectivity index (χ0) is 26.4. The molecule has 4 rings (SSSR count). The van der Waals surface area contributed by atoms with Crippen LogP contribution in [0.3, 0.4) is 0 Å². The zero-order valence-corrected chi connectivity index (χ0v) is 20.7. The van der Waals surface area contributed by atoms with Crippen molar-refractivity contribution in [1.29, 1.82) is 0 Å². The molecule has 2 heterocycles. The summed E-state index contributed by atoms with van der Waals surface area (Å²) < 4.78 is 0. The predicted molar refractivity (Wildman–Crippen MR) is 128 cm³/mol. The predicted octanol–water partition coefficient (Wildman–Crippen LogP) is 2.10. The van der Waals surface area contributed by atoms with Crippen LogP contribution in [0.25, 0.3) is 0 Å². The second-order valence-corrected chi connectivity index (χ2v) is 9.39. The first-order valence-corrected chi connectivity index (χ1v) is 11.5. The molecule has 0 aromatic heterocycles. The number of carbonyl (C=O) groups excluding carboxylic acids is 6. The van der Waals surface area contributed by atoms with E-state index in [2.05, 4.69) is 0 Å². The molecule has 2 fully saturated rings. The summed E-state index contributed by atoms with van der Waals surface area (Å²) in [5, 5.41) is 0. The van der Waals surface area contributed by atoms with Gasteiger partial charge in [-0.3, -0.25) is 38.8 Å². The Labute approximate surface area is 215 Å². The Balaban J connectivity index is 1.65. The molecule has 2 aliphatic heterocycles. The summed E-state index contributed by atoms with van der Waals surface area (Å²) in [6.45, 7) is -0.976. The molecule has 2 atom stereocenters. The first-order valence-electron chi connectivity index (χ1n) is 10.7. The van der Waals surface area contributed by atoms with Crippen LogP contribution in [-0.2, 0) is 28.9 Å². The smallest absolute Gasteiger partial charge is 0.271 e. The van der Waals surface area contributed by atoms with E-state index in [4.69, 9.17) is 23.2 Å². The molecule has 2 aromatic rings. The Morgan fingerprint density at radius 3 is 1.17 bits per heavy atom. The van der Waals surface area contributed by atoms with Gasteiger partial charge in [-0.25, -0.2) is 9.59 Å². The third-order valence-corrected chi connectivity index (χ3v) is 7.29. The first-order chi connectivity index (χ1) is 17.0. The first kappa shape index (κ1) is 25.3. The summed E-state index contributed by atoms with van der Waals surface area (Å²) in [5.41, 5.74) is 0.315. The number of hydrogen-bond donors (Lipinski definition) is 0. The summed E-state index contributed by atoms with van der Waals surface area (Å²) in [7, 11) is 2.35. The number of imide groups is 4. The quantitative estimate of drug-likeness (QED) is 0.431. The Kier molecular flexibility index (Phi) is 6.36. The van der Waals surface area contributed by atoms with Gasteiger partial charge in [0, 0.05) is 27.2 Å². The maximum atomic E-state index is 13.4. The number of rotatable bonds is 5. The van der Waals surface area contributed by atoms with Gasteiger partial charge in [0.2, 0.25) is 9.75 Å². The van der Waals surface area contributed by atoms with Crippen molar-refractivity contribution in [3.8, 4) is 0 Å². The van der Waals surface area contributed by atoms with Gasteiger partial charge in [-0.2, -0.15) is 0 Å². The van der Waals surface area contributed by atoms with Gasteiger partial charge in [0.1, 0.15) is 0 Å². The normalized spacial score (nSPS) is 25.2. The minimum Gasteiger partial charge on any atom is -0.271 e. The van der Waals surface area contributed by atoms with Crippen molar-refractivity contribution in [1.82, 2.24) is 19.6 Å². The van der Waals surface area contributed by atoms with Gasteiger partial charge in [0.05, 0.1) is 0 Å².